The van der Waals surface area contributed by atoms with E-state index in [1.807, 2.05) is 0 Å². The lowest BCUT2D eigenvalue weighted by molar-refractivity contribution is -0.144. The highest BCUT2D eigenvalue weighted by Gasteiger charge is 2.25. The topological polar surface area (TPSA) is 105 Å². The van der Waals surface area contributed by atoms with Gasteiger partial charge in [-0.15, -0.1) is 0 Å². The Bertz CT molecular complexity index is 503. The van der Waals surface area contributed by atoms with Crippen molar-refractivity contribution in [1.29, 1.82) is 0 Å². The van der Waals surface area contributed by atoms with Crippen LogP contribution < -0.4 is 10.6 Å². The van der Waals surface area contributed by atoms with Crippen LogP contribution in [0.3, 0.4) is 0 Å². The highest BCUT2D eigenvalue weighted by atomic mass is 16.5. The second kappa shape index (κ2) is 8.01. The number of benzene rings is 1. The number of carbonyl (C=O) groups is 3. The third kappa shape index (κ3) is 5.23. The van der Waals surface area contributed by atoms with E-state index in [-0.39, 0.29) is 6.54 Å². The number of hydrogen-bond acceptors (Lipinski definition) is 5. The van der Waals surface area contributed by atoms with Crippen molar-refractivity contribution in [3.63, 3.8) is 0 Å². The van der Waals surface area contributed by atoms with E-state index in [0.29, 0.717) is 5.56 Å². The molecule has 1 amide bonds. The monoisotopic (exact) mass is 294 g/mol. The first-order valence-corrected chi connectivity index (χ1v) is 6.31. The first kappa shape index (κ1) is 16.6. The van der Waals surface area contributed by atoms with Crippen LogP contribution in [0.4, 0.5) is 0 Å². The van der Waals surface area contributed by atoms with Gasteiger partial charge in [-0.2, -0.15) is 0 Å². The minimum atomic E-state index is -1.19. The number of ether oxygens (including phenoxy) is 1. The molecule has 0 spiro atoms. The van der Waals surface area contributed by atoms with Crippen molar-refractivity contribution in [3.8, 4) is 0 Å². The number of carboxylic acid groups (broad SMARTS) is 1. The first-order chi connectivity index (χ1) is 9.95. The van der Waals surface area contributed by atoms with E-state index in [0.717, 1.165) is 0 Å². The van der Waals surface area contributed by atoms with E-state index >= 15 is 0 Å². The van der Waals surface area contributed by atoms with Crippen molar-refractivity contribution in [2.24, 2.45) is 0 Å². The molecule has 1 aromatic rings. The Kier molecular flexibility index (Phi) is 6.35. The number of rotatable bonds is 7. The quantitative estimate of drug-likeness (QED) is 0.615. The Morgan fingerprint density at radius 3 is 2.33 bits per heavy atom. The lowest BCUT2D eigenvalue weighted by atomic mass is 10.1. The molecule has 0 aliphatic heterocycles. The summed E-state index contributed by atoms with van der Waals surface area (Å²) in [7, 11) is 1.25. The average molecular weight is 294 g/mol. The SMILES string of the molecule is COC(=O)C(NCC(NC(C)=O)C(=O)O)c1ccccc1. The maximum Gasteiger partial charge on any atom is 0.327 e. The van der Waals surface area contributed by atoms with Crippen molar-refractivity contribution in [2.45, 2.75) is 19.0 Å². The zero-order chi connectivity index (χ0) is 15.8. The van der Waals surface area contributed by atoms with E-state index in [1.165, 1.54) is 14.0 Å². The number of carbonyl (C=O) groups excluding carboxylic acids is 2. The highest BCUT2D eigenvalue weighted by molar-refractivity contribution is 5.82. The van der Waals surface area contributed by atoms with Gasteiger partial charge in [0, 0.05) is 13.5 Å². The minimum absolute atomic E-state index is 0.108. The molecule has 0 radical (unpaired) electrons. The fraction of sp³-hybridized carbons (Fsp3) is 0.357. The second-order valence-electron chi connectivity index (χ2n) is 4.37. The van der Waals surface area contributed by atoms with Gasteiger partial charge in [0.25, 0.3) is 0 Å². The Morgan fingerprint density at radius 2 is 1.86 bits per heavy atom. The van der Waals surface area contributed by atoms with Crippen LogP contribution in [0.15, 0.2) is 30.3 Å². The van der Waals surface area contributed by atoms with Crippen LogP contribution in [-0.4, -0.2) is 42.6 Å². The Balaban J connectivity index is 2.80. The van der Waals surface area contributed by atoms with Crippen LogP contribution in [0, 0.1) is 0 Å². The maximum atomic E-state index is 11.8. The van der Waals surface area contributed by atoms with Crippen molar-refractivity contribution < 1.29 is 24.2 Å². The summed E-state index contributed by atoms with van der Waals surface area (Å²) < 4.78 is 4.70. The van der Waals surface area contributed by atoms with Crippen LogP contribution >= 0.6 is 0 Å². The van der Waals surface area contributed by atoms with E-state index in [1.54, 1.807) is 30.3 Å². The van der Waals surface area contributed by atoms with Gasteiger partial charge in [-0.1, -0.05) is 30.3 Å². The predicted molar refractivity (Wildman–Crippen MR) is 74.4 cm³/mol. The van der Waals surface area contributed by atoms with Crippen molar-refractivity contribution in [2.75, 3.05) is 13.7 Å². The van der Waals surface area contributed by atoms with E-state index < -0.39 is 29.9 Å². The summed E-state index contributed by atoms with van der Waals surface area (Å²) in [5, 5.41) is 14.1. The molecule has 0 saturated carbocycles. The smallest absolute Gasteiger partial charge is 0.327 e. The number of aliphatic carboxylic acids is 1. The molecule has 0 bridgehead atoms. The van der Waals surface area contributed by atoms with Crippen LogP contribution in [0.1, 0.15) is 18.5 Å². The molecule has 0 aromatic heterocycles. The van der Waals surface area contributed by atoms with Crippen molar-refractivity contribution in [1.82, 2.24) is 10.6 Å². The molecule has 3 N–H and O–H groups in total. The van der Waals surface area contributed by atoms with Crippen LogP contribution in [-0.2, 0) is 19.1 Å². The zero-order valence-electron chi connectivity index (χ0n) is 11.8. The Labute approximate surface area is 122 Å². The molecule has 0 fully saturated rings. The van der Waals surface area contributed by atoms with Crippen LogP contribution in [0.5, 0.6) is 0 Å². The minimum Gasteiger partial charge on any atom is -0.480 e. The number of methoxy groups -OCH3 is 1. The average Bonchev–Trinajstić information content (AvgIpc) is 2.46. The van der Waals surface area contributed by atoms with E-state index in [4.69, 9.17) is 9.84 Å². The van der Waals surface area contributed by atoms with Gasteiger partial charge in [-0.25, -0.2) is 9.59 Å². The molecule has 7 nitrogen and oxygen atoms in total. The third-order valence-electron chi connectivity index (χ3n) is 2.77. The summed E-state index contributed by atoms with van der Waals surface area (Å²) >= 11 is 0. The molecular weight excluding hydrogens is 276 g/mol. The molecule has 2 atom stereocenters. The van der Waals surface area contributed by atoms with Gasteiger partial charge >= 0.3 is 11.9 Å². The normalized spacial score (nSPS) is 13.0. The molecule has 1 rings (SSSR count). The Morgan fingerprint density at radius 1 is 1.24 bits per heavy atom. The molecule has 114 valence electrons. The van der Waals surface area contributed by atoms with E-state index in [9.17, 15) is 14.4 Å². The molecule has 0 saturated heterocycles. The fourth-order valence-corrected chi connectivity index (χ4v) is 1.78. The molecule has 21 heavy (non-hydrogen) atoms. The summed E-state index contributed by atoms with van der Waals surface area (Å²) in [4.78, 5) is 33.8. The summed E-state index contributed by atoms with van der Waals surface area (Å²) in [5.74, 6) is -2.18. The van der Waals surface area contributed by atoms with E-state index in [2.05, 4.69) is 10.6 Å². The van der Waals surface area contributed by atoms with Gasteiger partial charge in [0.2, 0.25) is 5.91 Å². The molecule has 0 aliphatic carbocycles. The zero-order valence-corrected chi connectivity index (χ0v) is 11.8. The number of nitrogens with one attached hydrogen (secondary N) is 2. The van der Waals surface area contributed by atoms with Gasteiger partial charge < -0.3 is 15.2 Å². The molecule has 0 heterocycles. The largest absolute Gasteiger partial charge is 0.480 e. The summed E-state index contributed by atoms with van der Waals surface area (Å²) in [6.45, 7) is 1.12. The molecule has 1 aromatic carbocycles. The first-order valence-electron chi connectivity index (χ1n) is 6.31. The standard InChI is InChI=1S/C14H18N2O5/c1-9(17)16-11(13(18)19)8-15-12(14(20)21-2)10-6-4-3-5-7-10/h3-7,11-12,15H,8H2,1-2H3,(H,16,17)(H,18,19). The van der Waals surface area contributed by atoms with Gasteiger partial charge in [0.1, 0.15) is 12.1 Å². The van der Waals surface area contributed by atoms with Crippen molar-refractivity contribution in [3.05, 3.63) is 35.9 Å². The van der Waals surface area contributed by atoms with Crippen LogP contribution in [0.25, 0.3) is 0 Å². The summed E-state index contributed by atoms with van der Waals surface area (Å²) in [6.07, 6.45) is 0. The second-order valence-corrected chi connectivity index (χ2v) is 4.37. The predicted octanol–water partition coefficient (Wildman–Crippen LogP) is 0.0796. The third-order valence-corrected chi connectivity index (χ3v) is 2.77. The number of esters is 1. The molecule has 0 aliphatic rings. The number of carboxylic acids is 1. The lowest BCUT2D eigenvalue weighted by Crippen LogP contribution is -2.48. The van der Waals surface area contributed by atoms with Gasteiger partial charge in [0.05, 0.1) is 7.11 Å². The van der Waals surface area contributed by atoms with Gasteiger partial charge in [-0.05, 0) is 5.56 Å². The molecule has 2 unspecified atom stereocenters. The van der Waals surface area contributed by atoms with Gasteiger partial charge in [-0.3, -0.25) is 10.1 Å². The Hall–Kier alpha value is -2.41. The number of hydrogen-bond donors (Lipinski definition) is 3. The van der Waals surface area contributed by atoms with Crippen LogP contribution in [0.2, 0.25) is 0 Å². The number of amides is 1. The molecule has 7 heteroatoms. The maximum absolute atomic E-state index is 11.8. The molecular formula is C14H18N2O5. The summed E-state index contributed by atoms with van der Waals surface area (Å²) in [5.41, 5.74) is 0.649. The highest BCUT2D eigenvalue weighted by Crippen LogP contribution is 2.13. The summed E-state index contributed by atoms with van der Waals surface area (Å²) in [6, 6.07) is 6.84. The van der Waals surface area contributed by atoms with Gasteiger partial charge in [0.15, 0.2) is 0 Å². The lowest BCUT2D eigenvalue weighted by Gasteiger charge is -2.20. The van der Waals surface area contributed by atoms with Crippen molar-refractivity contribution >= 4 is 17.8 Å². The fourth-order valence-electron chi connectivity index (χ4n) is 1.78.